The summed E-state index contributed by atoms with van der Waals surface area (Å²) in [4.78, 5) is 0. The first-order valence-electron chi connectivity index (χ1n) is 4.55. The number of halogens is 1. The first kappa shape index (κ1) is 13.2. The molecule has 0 amide bonds. The summed E-state index contributed by atoms with van der Waals surface area (Å²) < 4.78 is 25.0. The summed E-state index contributed by atoms with van der Waals surface area (Å²) >= 11 is 5.48. The van der Waals surface area contributed by atoms with E-state index in [9.17, 15) is 8.42 Å². The Hall–Kier alpha value is 0.200. The third kappa shape index (κ3) is 6.29. The van der Waals surface area contributed by atoms with Gasteiger partial charge in [-0.1, -0.05) is 6.42 Å². The third-order valence-corrected chi connectivity index (χ3v) is 3.85. The predicted octanol–water partition coefficient (Wildman–Crippen LogP) is 1.72. The van der Waals surface area contributed by atoms with Gasteiger partial charge in [-0.25, -0.2) is 13.1 Å². The molecular formula is C8H18ClNO2S. The molecule has 80 valence electrons. The second kappa shape index (κ2) is 6.62. The molecule has 0 aromatic heterocycles. The number of unbranched alkanes of at least 4 members (excludes halogenated alkanes) is 2. The van der Waals surface area contributed by atoms with Crippen molar-refractivity contribution in [2.24, 2.45) is 0 Å². The number of hydrogen-bond acceptors (Lipinski definition) is 2. The molecular weight excluding hydrogens is 210 g/mol. The van der Waals surface area contributed by atoms with Crippen molar-refractivity contribution in [1.29, 1.82) is 0 Å². The summed E-state index contributed by atoms with van der Waals surface area (Å²) in [5.41, 5.74) is 0. The Labute approximate surface area is 85.9 Å². The number of hydrogen-bond donors (Lipinski definition) is 1. The van der Waals surface area contributed by atoms with E-state index in [1.54, 1.807) is 13.8 Å². The van der Waals surface area contributed by atoms with E-state index in [1.165, 1.54) is 0 Å². The highest BCUT2D eigenvalue weighted by molar-refractivity contribution is 7.90. The SMILES string of the molecule is CC(C)S(=O)(=O)NCCCCCCl. The van der Waals surface area contributed by atoms with Crippen LogP contribution < -0.4 is 4.72 Å². The van der Waals surface area contributed by atoms with Gasteiger partial charge in [0.05, 0.1) is 5.25 Å². The second-order valence-electron chi connectivity index (χ2n) is 3.24. The molecule has 3 nitrogen and oxygen atoms in total. The normalized spacial score (nSPS) is 12.3. The lowest BCUT2D eigenvalue weighted by Crippen LogP contribution is -2.31. The van der Waals surface area contributed by atoms with Crippen LogP contribution in [0.2, 0.25) is 0 Å². The van der Waals surface area contributed by atoms with Gasteiger partial charge in [-0.05, 0) is 26.7 Å². The van der Waals surface area contributed by atoms with Crippen LogP contribution in [0.3, 0.4) is 0 Å². The summed E-state index contributed by atoms with van der Waals surface area (Å²) in [5.74, 6) is 0.650. The minimum Gasteiger partial charge on any atom is -0.215 e. The van der Waals surface area contributed by atoms with Crippen molar-refractivity contribution in [3.63, 3.8) is 0 Å². The summed E-state index contributed by atoms with van der Waals surface area (Å²) in [7, 11) is -3.07. The third-order valence-electron chi connectivity index (χ3n) is 1.73. The summed E-state index contributed by atoms with van der Waals surface area (Å²) in [6.45, 7) is 3.86. The minimum atomic E-state index is -3.07. The van der Waals surface area contributed by atoms with Gasteiger partial charge in [0.2, 0.25) is 10.0 Å². The summed E-state index contributed by atoms with van der Waals surface area (Å²) in [5, 5.41) is -0.347. The predicted molar refractivity (Wildman–Crippen MR) is 56.6 cm³/mol. The zero-order valence-corrected chi connectivity index (χ0v) is 9.79. The quantitative estimate of drug-likeness (QED) is 0.532. The fourth-order valence-electron chi connectivity index (χ4n) is 0.777. The van der Waals surface area contributed by atoms with Crippen LogP contribution in [0.5, 0.6) is 0 Å². The van der Waals surface area contributed by atoms with Gasteiger partial charge in [0.15, 0.2) is 0 Å². The van der Waals surface area contributed by atoms with Crippen LogP contribution in [-0.2, 0) is 10.0 Å². The molecule has 5 heteroatoms. The van der Waals surface area contributed by atoms with E-state index in [-0.39, 0.29) is 5.25 Å². The Morgan fingerprint density at radius 3 is 2.31 bits per heavy atom. The van der Waals surface area contributed by atoms with E-state index in [2.05, 4.69) is 4.72 Å². The van der Waals surface area contributed by atoms with Crippen LogP contribution >= 0.6 is 11.6 Å². The molecule has 0 aliphatic carbocycles. The number of nitrogens with one attached hydrogen (secondary N) is 1. The van der Waals surface area contributed by atoms with Crippen molar-refractivity contribution >= 4 is 21.6 Å². The van der Waals surface area contributed by atoms with Crippen molar-refractivity contribution < 1.29 is 8.42 Å². The Balaban J connectivity index is 3.53. The van der Waals surface area contributed by atoms with Crippen LogP contribution in [0.25, 0.3) is 0 Å². The van der Waals surface area contributed by atoms with Crippen molar-refractivity contribution in [2.45, 2.75) is 38.4 Å². The average Bonchev–Trinajstić information content (AvgIpc) is 2.03. The van der Waals surface area contributed by atoms with Gasteiger partial charge >= 0.3 is 0 Å². The molecule has 0 fully saturated rings. The van der Waals surface area contributed by atoms with Gasteiger partial charge in [0.25, 0.3) is 0 Å². The zero-order chi connectivity index (χ0) is 10.3. The monoisotopic (exact) mass is 227 g/mol. The first-order chi connectivity index (χ1) is 6.00. The molecule has 0 heterocycles. The highest BCUT2D eigenvalue weighted by atomic mass is 35.5. The highest BCUT2D eigenvalue weighted by Crippen LogP contribution is 1.99. The second-order valence-corrected chi connectivity index (χ2v) is 5.94. The standard InChI is InChI=1S/C8H18ClNO2S/c1-8(2)13(11,12)10-7-5-3-4-6-9/h8,10H,3-7H2,1-2H3. The molecule has 0 radical (unpaired) electrons. The molecule has 0 atom stereocenters. The van der Waals surface area contributed by atoms with Crippen molar-refractivity contribution in [3.8, 4) is 0 Å². The van der Waals surface area contributed by atoms with Gasteiger partial charge in [-0.3, -0.25) is 0 Å². The lowest BCUT2D eigenvalue weighted by Gasteiger charge is -2.08. The van der Waals surface area contributed by atoms with Crippen molar-refractivity contribution in [3.05, 3.63) is 0 Å². The molecule has 0 bridgehead atoms. The molecule has 0 saturated carbocycles. The van der Waals surface area contributed by atoms with E-state index < -0.39 is 10.0 Å². The molecule has 0 aromatic carbocycles. The molecule has 13 heavy (non-hydrogen) atoms. The van der Waals surface area contributed by atoms with Gasteiger partial charge < -0.3 is 0 Å². The van der Waals surface area contributed by atoms with Crippen LogP contribution in [0.4, 0.5) is 0 Å². The molecule has 0 spiro atoms. The molecule has 0 unspecified atom stereocenters. The number of alkyl halides is 1. The Morgan fingerprint density at radius 2 is 1.85 bits per heavy atom. The molecule has 1 N–H and O–H groups in total. The fraction of sp³-hybridized carbons (Fsp3) is 1.00. The topological polar surface area (TPSA) is 46.2 Å². The zero-order valence-electron chi connectivity index (χ0n) is 8.22. The van der Waals surface area contributed by atoms with Gasteiger partial charge in [-0.2, -0.15) is 0 Å². The first-order valence-corrected chi connectivity index (χ1v) is 6.63. The van der Waals surface area contributed by atoms with E-state index in [0.717, 1.165) is 19.3 Å². The molecule has 0 aliphatic heterocycles. The van der Waals surface area contributed by atoms with Crippen molar-refractivity contribution in [1.82, 2.24) is 4.72 Å². The Bertz CT molecular complexity index is 214. The largest absolute Gasteiger partial charge is 0.215 e. The van der Waals surface area contributed by atoms with E-state index in [0.29, 0.717) is 12.4 Å². The molecule has 0 rings (SSSR count). The average molecular weight is 228 g/mol. The summed E-state index contributed by atoms with van der Waals surface area (Å²) in [6, 6.07) is 0. The number of sulfonamides is 1. The molecule has 0 aromatic rings. The maximum absolute atomic E-state index is 11.2. The summed E-state index contributed by atoms with van der Waals surface area (Å²) in [6.07, 6.45) is 2.79. The van der Waals surface area contributed by atoms with E-state index in [4.69, 9.17) is 11.6 Å². The Morgan fingerprint density at radius 1 is 1.23 bits per heavy atom. The maximum Gasteiger partial charge on any atom is 0.213 e. The number of rotatable bonds is 7. The Kier molecular flexibility index (Phi) is 6.73. The van der Waals surface area contributed by atoms with E-state index in [1.807, 2.05) is 0 Å². The van der Waals surface area contributed by atoms with E-state index >= 15 is 0 Å². The van der Waals surface area contributed by atoms with Crippen LogP contribution in [0.15, 0.2) is 0 Å². The highest BCUT2D eigenvalue weighted by Gasteiger charge is 2.13. The van der Waals surface area contributed by atoms with Gasteiger partial charge in [0, 0.05) is 12.4 Å². The van der Waals surface area contributed by atoms with Crippen LogP contribution in [0, 0.1) is 0 Å². The lowest BCUT2D eigenvalue weighted by molar-refractivity contribution is 0.567. The minimum absolute atomic E-state index is 0.347. The van der Waals surface area contributed by atoms with Crippen LogP contribution in [0.1, 0.15) is 33.1 Å². The fourth-order valence-corrected chi connectivity index (χ4v) is 1.73. The lowest BCUT2D eigenvalue weighted by atomic mass is 10.2. The van der Waals surface area contributed by atoms with Gasteiger partial charge in [-0.15, -0.1) is 11.6 Å². The maximum atomic E-state index is 11.2. The molecule has 0 aliphatic rings. The molecule has 0 saturated heterocycles. The smallest absolute Gasteiger partial charge is 0.213 e. The van der Waals surface area contributed by atoms with Gasteiger partial charge in [0.1, 0.15) is 0 Å². The van der Waals surface area contributed by atoms with Crippen molar-refractivity contribution in [2.75, 3.05) is 12.4 Å². The van der Waals surface area contributed by atoms with Crippen LogP contribution in [-0.4, -0.2) is 26.1 Å².